The lowest BCUT2D eigenvalue weighted by Crippen LogP contribution is -2.38. The average molecular weight is 154 g/mol. The third-order valence-corrected chi connectivity index (χ3v) is 2.30. The molecule has 1 aliphatic rings. The van der Waals surface area contributed by atoms with Crippen molar-refractivity contribution in [2.75, 3.05) is 7.05 Å². The third kappa shape index (κ3) is 2.10. The molecule has 2 unspecified atom stereocenters. The summed E-state index contributed by atoms with van der Waals surface area (Å²) in [6.45, 7) is 0. The Kier molecular flexibility index (Phi) is 3.20. The smallest absolute Gasteiger partial charge is 0.0527 e. The highest BCUT2D eigenvalue weighted by Gasteiger charge is 2.21. The van der Waals surface area contributed by atoms with Crippen LogP contribution in [0.15, 0.2) is 5.11 Å². The molecule has 0 aromatic heterocycles. The first-order valence-corrected chi connectivity index (χ1v) is 4.10. The molecule has 0 aliphatic heterocycles. The van der Waals surface area contributed by atoms with Crippen LogP contribution in [0.3, 0.4) is 0 Å². The van der Waals surface area contributed by atoms with Crippen LogP contribution < -0.4 is 5.32 Å². The van der Waals surface area contributed by atoms with Gasteiger partial charge in [0.15, 0.2) is 0 Å². The fourth-order valence-electron chi connectivity index (χ4n) is 1.65. The fourth-order valence-corrected chi connectivity index (χ4v) is 1.65. The van der Waals surface area contributed by atoms with E-state index in [0.717, 1.165) is 12.8 Å². The van der Waals surface area contributed by atoms with Gasteiger partial charge in [-0.05, 0) is 25.4 Å². The van der Waals surface area contributed by atoms with Crippen molar-refractivity contribution in [2.45, 2.75) is 37.8 Å². The van der Waals surface area contributed by atoms with E-state index in [1.807, 2.05) is 7.05 Å². The predicted octanol–water partition coefficient (Wildman–Crippen LogP) is 1.83. The molecule has 11 heavy (non-hydrogen) atoms. The maximum Gasteiger partial charge on any atom is 0.0527 e. The number of likely N-dealkylation sites (N-methyl/N-ethyl adjacent to an activating group) is 1. The molecule has 1 fully saturated rings. The van der Waals surface area contributed by atoms with Gasteiger partial charge < -0.3 is 5.32 Å². The van der Waals surface area contributed by atoms with E-state index in [1.165, 1.54) is 12.8 Å². The predicted molar refractivity (Wildman–Crippen MR) is 44.2 cm³/mol. The first-order valence-electron chi connectivity index (χ1n) is 4.10. The van der Waals surface area contributed by atoms with Gasteiger partial charge in [-0.1, -0.05) is 18.0 Å². The number of hydrogen-bond acceptors (Lipinski definition) is 2. The van der Waals surface area contributed by atoms with E-state index in [9.17, 15) is 0 Å². The van der Waals surface area contributed by atoms with E-state index in [4.69, 9.17) is 5.53 Å². The SMILES string of the molecule is CNC1CCCCC1N=[N+]=[N-]. The summed E-state index contributed by atoms with van der Waals surface area (Å²) < 4.78 is 0. The summed E-state index contributed by atoms with van der Waals surface area (Å²) >= 11 is 0. The lowest BCUT2D eigenvalue weighted by atomic mass is 9.91. The van der Waals surface area contributed by atoms with E-state index in [0.29, 0.717) is 6.04 Å². The van der Waals surface area contributed by atoms with E-state index in [2.05, 4.69) is 15.3 Å². The molecule has 62 valence electrons. The summed E-state index contributed by atoms with van der Waals surface area (Å²) in [6.07, 6.45) is 4.63. The summed E-state index contributed by atoms with van der Waals surface area (Å²) in [5, 5.41) is 6.93. The van der Waals surface area contributed by atoms with Gasteiger partial charge in [0.1, 0.15) is 0 Å². The van der Waals surface area contributed by atoms with Gasteiger partial charge in [-0.3, -0.25) is 0 Å². The van der Waals surface area contributed by atoms with Crippen LogP contribution in [0.2, 0.25) is 0 Å². The molecule has 0 radical (unpaired) electrons. The zero-order valence-electron chi connectivity index (χ0n) is 6.82. The zero-order chi connectivity index (χ0) is 8.10. The highest BCUT2D eigenvalue weighted by atomic mass is 15.2. The maximum atomic E-state index is 8.26. The number of rotatable bonds is 2. The number of nitrogens with zero attached hydrogens (tertiary/aromatic N) is 3. The highest BCUT2D eigenvalue weighted by molar-refractivity contribution is 4.85. The molecule has 1 saturated carbocycles. The van der Waals surface area contributed by atoms with Crippen LogP contribution >= 0.6 is 0 Å². The summed E-state index contributed by atoms with van der Waals surface area (Å²) in [5.74, 6) is 0. The molecule has 0 amide bonds. The second-order valence-electron chi connectivity index (χ2n) is 2.95. The molecular formula is C7H14N4. The van der Waals surface area contributed by atoms with Gasteiger partial charge in [-0.15, -0.1) is 0 Å². The van der Waals surface area contributed by atoms with Crippen LogP contribution in [0.4, 0.5) is 0 Å². The standard InChI is InChI=1S/C7H14N4/c1-9-6-4-2-3-5-7(6)10-11-8/h6-7,9H,2-5H2,1H3. The lowest BCUT2D eigenvalue weighted by molar-refractivity contribution is 0.344. The molecule has 0 aromatic rings. The van der Waals surface area contributed by atoms with Crippen LogP contribution in [0, 0.1) is 0 Å². The molecule has 2 atom stereocenters. The molecule has 1 N–H and O–H groups in total. The second kappa shape index (κ2) is 4.21. The first-order chi connectivity index (χ1) is 5.38. The minimum atomic E-state index is 0.179. The second-order valence-corrected chi connectivity index (χ2v) is 2.95. The Bertz CT molecular complexity index is 162. The molecule has 1 aliphatic carbocycles. The summed E-state index contributed by atoms with van der Waals surface area (Å²) in [6, 6.07) is 0.582. The maximum absolute atomic E-state index is 8.26. The van der Waals surface area contributed by atoms with Crippen LogP contribution in [-0.2, 0) is 0 Å². The summed E-state index contributed by atoms with van der Waals surface area (Å²) in [5.41, 5.74) is 8.26. The van der Waals surface area contributed by atoms with Crippen LogP contribution in [0.5, 0.6) is 0 Å². The van der Waals surface area contributed by atoms with Crippen molar-refractivity contribution in [3.63, 3.8) is 0 Å². The van der Waals surface area contributed by atoms with Crippen molar-refractivity contribution >= 4 is 0 Å². The number of azide groups is 1. The monoisotopic (exact) mass is 154 g/mol. The van der Waals surface area contributed by atoms with E-state index < -0.39 is 0 Å². The molecule has 4 nitrogen and oxygen atoms in total. The molecule has 4 heteroatoms. The van der Waals surface area contributed by atoms with Gasteiger partial charge >= 0.3 is 0 Å². The van der Waals surface area contributed by atoms with Crippen molar-refractivity contribution in [1.82, 2.24) is 5.32 Å². The van der Waals surface area contributed by atoms with Gasteiger partial charge in [0.2, 0.25) is 0 Å². The Labute approximate surface area is 66.6 Å². The average Bonchev–Trinajstić information content (AvgIpc) is 2.06. The minimum Gasteiger partial charge on any atom is -0.317 e. The van der Waals surface area contributed by atoms with Crippen molar-refractivity contribution in [3.8, 4) is 0 Å². The first kappa shape index (κ1) is 8.37. The van der Waals surface area contributed by atoms with Crippen LogP contribution in [0.25, 0.3) is 10.4 Å². The van der Waals surface area contributed by atoms with Crippen LogP contribution in [-0.4, -0.2) is 19.1 Å². The highest BCUT2D eigenvalue weighted by Crippen LogP contribution is 2.20. The molecule has 0 spiro atoms. The van der Waals surface area contributed by atoms with Crippen molar-refractivity contribution < 1.29 is 0 Å². The normalized spacial score (nSPS) is 31.0. The summed E-state index contributed by atoms with van der Waals surface area (Å²) in [7, 11) is 1.93. The largest absolute Gasteiger partial charge is 0.317 e. The van der Waals surface area contributed by atoms with Gasteiger partial charge in [0, 0.05) is 11.0 Å². The number of hydrogen-bond donors (Lipinski definition) is 1. The Morgan fingerprint density at radius 2 is 2.18 bits per heavy atom. The Morgan fingerprint density at radius 1 is 1.45 bits per heavy atom. The van der Waals surface area contributed by atoms with Crippen LogP contribution in [0.1, 0.15) is 25.7 Å². The third-order valence-electron chi connectivity index (χ3n) is 2.30. The quantitative estimate of drug-likeness (QED) is 0.368. The van der Waals surface area contributed by atoms with Crippen molar-refractivity contribution in [3.05, 3.63) is 10.4 Å². The lowest BCUT2D eigenvalue weighted by Gasteiger charge is -2.27. The Balaban J connectivity index is 2.50. The molecule has 0 heterocycles. The molecule has 0 bridgehead atoms. The molecule has 0 aromatic carbocycles. The molecule has 0 saturated heterocycles. The Hall–Kier alpha value is -0.730. The molecular weight excluding hydrogens is 140 g/mol. The topological polar surface area (TPSA) is 60.8 Å². The zero-order valence-corrected chi connectivity index (χ0v) is 6.82. The van der Waals surface area contributed by atoms with Gasteiger partial charge in [0.25, 0.3) is 0 Å². The van der Waals surface area contributed by atoms with Crippen molar-refractivity contribution in [2.24, 2.45) is 5.11 Å². The molecule has 1 rings (SSSR count). The fraction of sp³-hybridized carbons (Fsp3) is 1.00. The summed E-state index contributed by atoms with van der Waals surface area (Å²) in [4.78, 5) is 2.84. The number of nitrogens with one attached hydrogen (secondary N) is 1. The van der Waals surface area contributed by atoms with E-state index in [1.54, 1.807) is 0 Å². The van der Waals surface area contributed by atoms with Crippen molar-refractivity contribution in [1.29, 1.82) is 0 Å². The van der Waals surface area contributed by atoms with E-state index in [-0.39, 0.29) is 6.04 Å². The Morgan fingerprint density at radius 3 is 2.82 bits per heavy atom. The van der Waals surface area contributed by atoms with Gasteiger partial charge in [-0.25, -0.2) is 0 Å². The minimum absolute atomic E-state index is 0.179. The van der Waals surface area contributed by atoms with E-state index >= 15 is 0 Å². The van der Waals surface area contributed by atoms with Gasteiger partial charge in [-0.2, -0.15) is 0 Å². The van der Waals surface area contributed by atoms with Gasteiger partial charge in [0.05, 0.1) is 6.04 Å².